The molecule has 0 unspecified atom stereocenters. The topological polar surface area (TPSA) is 80.9 Å². The number of hydrogen-bond donors (Lipinski definition) is 1. The zero-order valence-electron chi connectivity index (χ0n) is 13.4. The van der Waals surface area contributed by atoms with Crippen LogP contribution in [0.25, 0.3) is 28.1 Å². The molecule has 0 spiro atoms. The van der Waals surface area contributed by atoms with E-state index in [1.54, 1.807) is 36.7 Å². The standard InChI is InChI=1S/C19H14N4O2/c1-12-21-17-7-6-16(13-8-10-20-11-9-13)22-18(17)23(12)15-4-2-14(3-5-15)19(24)25/h2-11H,1H3,(H,24,25). The quantitative estimate of drug-likeness (QED) is 0.622. The van der Waals surface area contributed by atoms with E-state index >= 15 is 0 Å². The number of carbonyl (C=O) groups is 1. The largest absolute Gasteiger partial charge is 0.478 e. The van der Waals surface area contributed by atoms with Gasteiger partial charge in [-0.05, 0) is 55.5 Å². The SMILES string of the molecule is Cc1nc2ccc(-c3ccncc3)nc2n1-c1ccc(C(=O)O)cc1. The number of carboxylic acids is 1. The Balaban J connectivity index is 1.88. The molecule has 4 rings (SSSR count). The number of nitrogens with zero attached hydrogens (tertiary/aromatic N) is 4. The van der Waals surface area contributed by atoms with Gasteiger partial charge in [-0.15, -0.1) is 0 Å². The van der Waals surface area contributed by atoms with E-state index in [-0.39, 0.29) is 5.56 Å². The second-order valence-corrected chi connectivity index (χ2v) is 5.62. The normalized spacial score (nSPS) is 10.9. The average Bonchev–Trinajstić information content (AvgIpc) is 2.97. The number of hydrogen-bond acceptors (Lipinski definition) is 4. The molecule has 0 radical (unpaired) electrons. The summed E-state index contributed by atoms with van der Waals surface area (Å²) >= 11 is 0. The molecular weight excluding hydrogens is 316 g/mol. The van der Waals surface area contributed by atoms with Gasteiger partial charge >= 0.3 is 5.97 Å². The summed E-state index contributed by atoms with van der Waals surface area (Å²) in [6.45, 7) is 1.90. The minimum absolute atomic E-state index is 0.247. The molecule has 0 bridgehead atoms. The van der Waals surface area contributed by atoms with E-state index in [1.807, 2.05) is 35.8 Å². The first-order valence-electron chi connectivity index (χ1n) is 7.74. The van der Waals surface area contributed by atoms with Crippen molar-refractivity contribution < 1.29 is 9.90 Å². The van der Waals surface area contributed by atoms with Gasteiger partial charge in [-0.25, -0.2) is 14.8 Å². The van der Waals surface area contributed by atoms with E-state index < -0.39 is 5.97 Å². The second kappa shape index (κ2) is 5.83. The first-order valence-corrected chi connectivity index (χ1v) is 7.74. The van der Waals surface area contributed by atoms with E-state index in [4.69, 9.17) is 10.1 Å². The van der Waals surface area contributed by atoms with Gasteiger partial charge in [-0.3, -0.25) is 9.55 Å². The fraction of sp³-hybridized carbons (Fsp3) is 0.0526. The molecular formula is C19H14N4O2. The van der Waals surface area contributed by atoms with E-state index in [2.05, 4.69) is 9.97 Å². The van der Waals surface area contributed by atoms with Crippen molar-refractivity contribution in [2.45, 2.75) is 6.92 Å². The summed E-state index contributed by atoms with van der Waals surface area (Å²) in [6.07, 6.45) is 3.46. The monoisotopic (exact) mass is 330 g/mol. The zero-order chi connectivity index (χ0) is 17.4. The molecule has 0 fully saturated rings. The highest BCUT2D eigenvalue weighted by molar-refractivity contribution is 5.88. The number of imidazole rings is 1. The minimum atomic E-state index is -0.947. The molecule has 0 aliphatic carbocycles. The lowest BCUT2D eigenvalue weighted by molar-refractivity contribution is 0.0697. The highest BCUT2D eigenvalue weighted by atomic mass is 16.4. The number of aromatic nitrogens is 4. The number of aryl methyl sites for hydroxylation is 1. The number of pyridine rings is 2. The summed E-state index contributed by atoms with van der Waals surface area (Å²) in [6, 6.07) is 14.4. The Bertz CT molecular complexity index is 1070. The predicted molar refractivity (Wildman–Crippen MR) is 93.8 cm³/mol. The first kappa shape index (κ1) is 15.0. The van der Waals surface area contributed by atoms with Crippen molar-refractivity contribution in [2.75, 3.05) is 0 Å². The Hall–Kier alpha value is -3.54. The van der Waals surface area contributed by atoms with Gasteiger partial charge in [0.05, 0.1) is 11.3 Å². The number of fused-ring (bicyclic) bond motifs is 1. The maximum absolute atomic E-state index is 11.0. The fourth-order valence-corrected chi connectivity index (χ4v) is 2.82. The molecule has 4 aromatic rings. The van der Waals surface area contributed by atoms with Crippen LogP contribution in [-0.2, 0) is 0 Å². The maximum Gasteiger partial charge on any atom is 0.335 e. The van der Waals surface area contributed by atoms with Crippen LogP contribution in [0.4, 0.5) is 0 Å². The van der Waals surface area contributed by atoms with Gasteiger partial charge in [-0.1, -0.05) is 0 Å². The Morgan fingerprint density at radius 2 is 1.68 bits per heavy atom. The van der Waals surface area contributed by atoms with Gasteiger partial charge < -0.3 is 5.11 Å². The van der Waals surface area contributed by atoms with Gasteiger partial charge in [0, 0.05) is 23.6 Å². The summed E-state index contributed by atoms with van der Waals surface area (Å²) in [5.74, 6) is -0.158. The smallest absolute Gasteiger partial charge is 0.335 e. The van der Waals surface area contributed by atoms with Gasteiger partial charge in [-0.2, -0.15) is 0 Å². The molecule has 0 saturated carbocycles. The molecule has 0 amide bonds. The zero-order valence-corrected chi connectivity index (χ0v) is 13.4. The Labute approximate surface area is 143 Å². The fourth-order valence-electron chi connectivity index (χ4n) is 2.82. The summed E-state index contributed by atoms with van der Waals surface area (Å²) in [4.78, 5) is 24.4. The Morgan fingerprint density at radius 3 is 2.36 bits per heavy atom. The van der Waals surface area contributed by atoms with Crippen LogP contribution in [-0.4, -0.2) is 30.6 Å². The average molecular weight is 330 g/mol. The van der Waals surface area contributed by atoms with Crippen LogP contribution < -0.4 is 0 Å². The molecule has 122 valence electrons. The molecule has 6 nitrogen and oxygen atoms in total. The van der Waals surface area contributed by atoms with Gasteiger partial charge in [0.1, 0.15) is 11.3 Å². The molecule has 1 aromatic carbocycles. The van der Waals surface area contributed by atoms with Gasteiger partial charge in [0.2, 0.25) is 0 Å². The number of carboxylic acid groups (broad SMARTS) is 1. The van der Waals surface area contributed by atoms with E-state index in [0.29, 0.717) is 0 Å². The summed E-state index contributed by atoms with van der Waals surface area (Å²) in [5, 5.41) is 9.06. The van der Waals surface area contributed by atoms with Crippen molar-refractivity contribution in [3.05, 3.63) is 72.3 Å². The van der Waals surface area contributed by atoms with Crippen molar-refractivity contribution in [3.8, 4) is 16.9 Å². The molecule has 3 aromatic heterocycles. The van der Waals surface area contributed by atoms with Crippen molar-refractivity contribution in [1.29, 1.82) is 0 Å². The Morgan fingerprint density at radius 1 is 0.960 bits per heavy atom. The summed E-state index contributed by atoms with van der Waals surface area (Å²) in [5.41, 5.74) is 4.40. The first-order chi connectivity index (χ1) is 12.1. The highest BCUT2D eigenvalue weighted by Crippen LogP contribution is 2.24. The van der Waals surface area contributed by atoms with Crippen LogP contribution >= 0.6 is 0 Å². The predicted octanol–water partition coefficient (Wildman–Crippen LogP) is 3.49. The van der Waals surface area contributed by atoms with Crippen LogP contribution in [0.2, 0.25) is 0 Å². The third-order valence-corrected chi connectivity index (χ3v) is 4.02. The number of rotatable bonds is 3. The Kier molecular flexibility index (Phi) is 3.50. The highest BCUT2D eigenvalue weighted by Gasteiger charge is 2.13. The van der Waals surface area contributed by atoms with Gasteiger partial charge in [0.25, 0.3) is 0 Å². The van der Waals surface area contributed by atoms with E-state index in [9.17, 15) is 4.79 Å². The number of benzene rings is 1. The minimum Gasteiger partial charge on any atom is -0.478 e. The van der Waals surface area contributed by atoms with Crippen molar-refractivity contribution >= 4 is 17.1 Å². The molecule has 1 N–H and O–H groups in total. The van der Waals surface area contributed by atoms with Crippen molar-refractivity contribution in [1.82, 2.24) is 19.5 Å². The molecule has 6 heteroatoms. The third kappa shape index (κ3) is 2.63. The van der Waals surface area contributed by atoms with E-state index in [0.717, 1.165) is 33.9 Å². The molecule has 0 atom stereocenters. The van der Waals surface area contributed by atoms with Crippen molar-refractivity contribution in [3.63, 3.8) is 0 Å². The summed E-state index contributed by atoms with van der Waals surface area (Å²) in [7, 11) is 0. The van der Waals surface area contributed by atoms with Crippen molar-refractivity contribution in [2.24, 2.45) is 0 Å². The van der Waals surface area contributed by atoms with Crippen LogP contribution in [0.3, 0.4) is 0 Å². The lowest BCUT2D eigenvalue weighted by Crippen LogP contribution is -2.01. The third-order valence-electron chi connectivity index (χ3n) is 4.02. The van der Waals surface area contributed by atoms with Crippen LogP contribution in [0, 0.1) is 6.92 Å². The van der Waals surface area contributed by atoms with Crippen LogP contribution in [0.1, 0.15) is 16.2 Å². The molecule has 0 aliphatic heterocycles. The molecule has 25 heavy (non-hydrogen) atoms. The van der Waals surface area contributed by atoms with Crippen LogP contribution in [0.5, 0.6) is 0 Å². The van der Waals surface area contributed by atoms with Gasteiger partial charge in [0.15, 0.2) is 5.65 Å². The lowest BCUT2D eigenvalue weighted by atomic mass is 10.2. The lowest BCUT2D eigenvalue weighted by Gasteiger charge is -2.07. The van der Waals surface area contributed by atoms with Crippen LogP contribution in [0.15, 0.2) is 60.9 Å². The van der Waals surface area contributed by atoms with E-state index in [1.165, 1.54) is 0 Å². The molecule has 0 saturated heterocycles. The second-order valence-electron chi connectivity index (χ2n) is 5.62. The summed E-state index contributed by atoms with van der Waals surface area (Å²) < 4.78 is 1.92. The molecule has 3 heterocycles. The number of aromatic carboxylic acids is 1. The molecule has 0 aliphatic rings. The maximum atomic E-state index is 11.0.